The quantitative estimate of drug-likeness (QED) is 0.586. The standard InChI is InChI=1S/C9H16O4/c1-6(10)3-8(4-7(2)11)5-9(12)13/h8-9,12-13H,3-5H2,1-2H3. The van der Waals surface area contributed by atoms with Crippen molar-refractivity contribution in [3.8, 4) is 0 Å². The monoisotopic (exact) mass is 188 g/mol. The molecule has 0 bridgehead atoms. The molecule has 0 aromatic carbocycles. The van der Waals surface area contributed by atoms with Crippen molar-refractivity contribution in [1.82, 2.24) is 0 Å². The maximum absolute atomic E-state index is 10.7. The molecular weight excluding hydrogens is 172 g/mol. The molecule has 76 valence electrons. The average molecular weight is 188 g/mol. The van der Waals surface area contributed by atoms with Crippen LogP contribution in [0.1, 0.15) is 33.1 Å². The number of carbonyl (C=O) groups excluding carboxylic acids is 2. The number of hydrogen-bond acceptors (Lipinski definition) is 4. The van der Waals surface area contributed by atoms with Crippen molar-refractivity contribution in [3.63, 3.8) is 0 Å². The molecule has 4 nitrogen and oxygen atoms in total. The van der Waals surface area contributed by atoms with Gasteiger partial charge in [-0.1, -0.05) is 0 Å². The van der Waals surface area contributed by atoms with Gasteiger partial charge >= 0.3 is 0 Å². The van der Waals surface area contributed by atoms with E-state index < -0.39 is 6.29 Å². The molecule has 0 rings (SSSR count). The fourth-order valence-corrected chi connectivity index (χ4v) is 1.35. The number of hydrogen-bond donors (Lipinski definition) is 2. The lowest BCUT2D eigenvalue weighted by molar-refractivity contribution is -0.121. The van der Waals surface area contributed by atoms with Crippen LogP contribution in [0.4, 0.5) is 0 Å². The van der Waals surface area contributed by atoms with Crippen LogP contribution in [0.2, 0.25) is 0 Å². The minimum Gasteiger partial charge on any atom is -0.368 e. The van der Waals surface area contributed by atoms with Crippen LogP contribution in [0.3, 0.4) is 0 Å². The Labute approximate surface area is 77.6 Å². The Morgan fingerprint density at radius 3 is 1.69 bits per heavy atom. The number of aliphatic hydroxyl groups excluding tert-OH is 1. The Morgan fingerprint density at radius 2 is 1.46 bits per heavy atom. The summed E-state index contributed by atoms with van der Waals surface area (Å²) in [5.41, 5.74) is 0. The first-order valence-electron chi connectivity index (χ1n) is 4.26. The van der Waals surface area contributed by atoms with Gasteiger partial charge in [-0.2, -0.15) is 0 Å². The van der Waals surface area contributed by atoms with E-state index >= 15 is 0 Å². The van der Waals surface area contributed by atoms with Gasteiger partial charge in [0.2, 0.25) is 0 Å². The Kier molecular flexibility index (Phi) is 5.50. The molecule has 2 N–H and O–H groups in total. The van der Waals surface area contributed by atoms with Gasteiger partial charge in [-0.05, 0) is 19.8 Å². The molecule has 0 atom stereocenters. The fraction of sp³-hybridized carbons (Fsp3) is 0.778. The first-order valence-corrected chi connectivity index (χ1v) is 4.26. The zero-order valence-corrected chi connectivity index (χ0v) is 7.99. The molecule has 13 heavy (non-hydrogen) atoms. The Hall–Kier alpha value is -0.740. The summed E-state index contributed by atoms with van der Waals surface area (Å²) >= 11 is 0. The Balaban J connectivity index is 4.02. The number of ketones is 2. The van der Waals surface area contributed by atoms with Gasteiger partial charge in [0.15, 0.2) is 6.29 Å². The zero-order chi connectivity index (χ0) is 10.4. The molecule has 0 radical (unpaired) electrons. The Morgan fingerprint density at radius 1 is 1.08 bits per heavy atom. The summed E-state index contributed by atoms with van der Waals surface area (Å²) in [7, 11) is 0. The summed E-state index contributed by atoms with van der Waals surface area (Å²) < 4.78 is 0. The van der Waals surface area contributed by atoms with Crippen LogP contribution in [-0.2, 0) is 9.59 Å². The minimum atomic E-state index is -1.44. The van der Waals surface area contributed by atoms with E-state index in [1.807, 2.05) is 0 Å². The summed E-state index contributed by atoms with van der Waals surface area (Å²) in [6.45, 7) is 2.85. The normalized spacial score (nSPS) is 10.9. The van der Waals surface area contributed by atoms with Crippen molar-refractivity contribution in [2.75, 3.05) is 0 Å². The van der Waals surface area contributed by atoms with Crippen LogP contribution < -0.4 is 0 Å². The molecule has 0 amide bonds. The smallest absolute Gasteiger partial charge is 0.151 e. The van der Waals surface area contributed by atoms with Gasteiger partial charge < -0.3 is 19.8 Å². The van der Waals surface area contributed by atoms with Gasteiger partial charge in [-0.15, -0.1) is 0 Å². The molecule has 0 aromatic rings. The highest BCUT2D eigenvalue weighted by Gasteiger charge is 2.16. The first kappa shape index (κ1) is 12.3. The number of aliphatic hydroxyl groups is 2. The van der Waals surface area contributed by atoms with Crippen LogP contribution in [0, 0.1) is 5.92 Å². The molecule has 0 spiro atoms. The molecule has 0 aliphatic rings. The summed E-state index contributed by atoms with van der Waals surface area (Å²) in [6, 6.07) is 0. The first-order chi connectivity index (χ1) is 5.91. The van der Waals surface area contributed by atoms with E-state index in [4.69, 9.17) is 10.2 Å². The van der Waals surface area contributed by atoms with Crippen molar-refractivity contribution in [2.24, 2.45) is 5.92 Å². The van der Waals surface area contributed by atoms with Crippen LogP contribution >= 0.6 is 0 Å². The van der Waals surface area contributed by atoms with Crippen molar-refractivity contribution in [2.45, 2.75) is 39.4 Å². The highest BCUT2D eigenvalue weighted by Crippen LogP contribution is 2.15. The summed E-state index contributed by atoms with van der Waals surface area (Å²) in [5.74, 6) is -0.311. The molecule has 0 aromatic heterocycles. The molecule has 0 fully saturated rings. The third-order valence-corrected chi connectivity index (χ3v) is 1.70. The van der Waals surface area contributed by atoms with Gasteiger partial charge in [-0.3, -0.25) is 0 Å². The van der Waals surface area contributed by atoms with Gasteiger partial charge in [0, 0.05) is 19.3 Å². The third kappa shape index (κ3) is 7.62. The average Bonchev–Trinajstić information content (AvgIpc) is 1.80. The van der Waals surface area contributed by atoms with Crippen molar-refractivity contribution in [1.29, 1.82) is 0 Å². The molecule has 0 aliphatic carbocycles. The lowest BCUT2D eigenvalue weighted by Crippen LogP contribution is -2.17. The highest BCUT2D eigenvalue weighted by molar-refractivity contribution is 5.79. The van der Waals surface area contributed by atoms with E-state index in [9.17, 15) is 9.59 Å². The van der Waals surface area contributed by atoms with Gasteiger partial charge in [0.05, 0.1) is 0 Å². The number of Topliss-reactive ketones (excluding diaryl/α,β-unsaturated/α-hetero) is 2. The van der Waals surface area contributed by atoms with Gasteiger partial charge in [0.1, 0.15) is 11.6 Å². The molecule has 0 saturated heterocycles. The minimum absolute atomic E-state index is 0.0353. The molecule has 0 aliphatic heterocycles. The van der Waals surface area contributed by atoms with Crippen molar-refractivity contribution < 1.29 is 19.8 Å². The van der Waals surface area contributed by atoms with E-state index in [-0.39, 0.29) is 36.7 Å². The lowest BCUT2D eigenvalue weighted by Gasteiger charge is -2.14. The second-order valence-electron chi connectivity index (χ2n) is 3.39. The highest BCUT2D eigenvalue weighted by atomic mass is 16.5. The number of carbonyl (C=O) groups is 2. The summed E-state index contributed by atoms with van der Waals surface area (Å²) in [6.07, 6.45) is -0.892. The lowest BCUT2D eigenvalue weighted by atomic mass is 9.94. The van der Waals surface area contributed by atoms with E-state index in [0.29, 0.717) is 0 Å². The molecular formula is C9H16O4. The summed E-state index contributed by atoms with van der Waals surface area (Å²) in [5, 5.41) is 17.4. The molecule has 4 heteroatoms. The van der Waals surface area contributed by atoms with Crippen LogP contribution in [-0.4, -0.2) is 28.1 Å². The second-order valence-corrected chi connectivity index (χ2v) is 3.39. The van der Waals surface area contributed by atoms with Crippen molar-refractivity contribution >= 4 is 11.6 Å². The molecule has 0 saturated carbocycles. The zero-order valence-electron chi connectivity index (χ0n) is 7.99. The van der Waals surface area contributed by atoms with Crippen LogP contribution in [0.25, 0.3) is 0 Å². The van der Waals surface area contributed by atoms with Crippen LogP contribution in [0.5, 0.6) is 0 Å². The summed E-state index contributed by atoms with van der Waals surface area (Å²) in [4.78, 5) is 21.5. The second kappa shape index (κ2) is 5.83. The topological polar surface area (TPSA) is 74.6 Å². The third-order valence-electron chi connectivity index (χ3n) is 1.70. The molecule has 0 heterocycles. The van der Waals surface area contributed by atoms with E-state index in [1.54, 1.807) is 0 Å². The number of rotatable bonds is 6. The van der Waals surface area contributed by atoms with Gasteiger partial charge in [-0.25, -0.2) is 0 Å². The van der Waals surface area contributed by atoms with E-state index in [1.165, 1.54) is 13.8 Å². The van der Waals surface area contributed by atoms with Crippen molar-refractivity contribution in [3.05, 3.63) is 0 Å². The fourth-order valence-electron chi connectivity index (χ4n) is 1.35. The predicted octanol–water partition coefficient (Wildman–Crippen LogP) is 0.262. The van der Waals surface area contributed by atoms with E-state index in [2.05, 4.69) is 0 Å². The van der Waals surface area contributed by atoms with Gasteiger partial charge in [0.25, 0.3) is 0 Å². The van der Waals surface area contributed by atoms with Crippen LogP contribution in [0.15, 0.2) is 0 Å². The maximum atomic E-state index is 10.7. The maximum Gasteiger partial charge on any atom is 0.151 e. The van der Waals surface area contributed by atoms with E-state index in [0.717, 1.165) is 0 Å². The molecule has 0 unspecified atom stereocenters. The SMILES string of the molecule is CC(=O)CC(CC(C)=O)CC(O)O. The Bertz CT molecular complexity index is 170. The largest absolute Gasteiger partial charge is 0.368 e. The predicted molar refractivity (Wildman–Crippen MR) is 46.9 cm³/mol.